The molecule has 0 fully saturated rings. The topological polar surface area (TPSA) is 42.0 Å². The van der Waals surface area contributed by atoms with Crippen molar-refractivity contribution in [2.24, 2.45) is 0 Å². The van der Waals surface area contributed by atoms with Crippen molar-refractivity contribution >= 4 is 17.5 Å². The molecule has 1 aromatic rings. The van der Waals surface area contributed by atoms with Crippen LogP contribution in [0, 0.1) is 6.92 Å². The van der Waals surface area contributed by atoms with E-state index in [1.807, 2.05) is 25.1 Å². The number of nitrogens with zero attached hydrogens (tertiary/aromatic N) is 1. The number of aromatic nitrogens is 1. The summed E-state index contributed by atoms with van der Waals surface area (Å²) in [6.07, 6.45) is 0.355. The third kappa shape index (κ3) is 3.75. The first kappa shape index (κ1) is 11.0. The highest BCUT2D eigenvalue weighted by Gasteiger charge is 2.00. The Morgan fingerprint density at radius 1 is 1.57 bits per heavy atom. The monoisotopic (exact) mass is 212 g/mol. The van der Waals surface area contributed by atoms with Gasteiger partial charge in [-0.05, 0) is 19.1 Å². The van der Waals surface area contributed by atoms with Crippen LogP contribution in [0.4, 0.5) is 0 Å². The summed E-state index contributed by atoms with van der Waals surface area (Å²) in [7, 11) is 0. The number of rotatable bonds is 4. The fraction of sp³-hybridized carbons (Fsp3) is 0.400. The Balaban J connectivity index is 2.41. The lowest BCUT2D eigenvalue weighted by molar-refractivity contribution is -0.120. The van der Waals surface area contributed by atoms with E-state index in [9.17, 15) is 4.79 Å². The van der Waals surface area contributed by atoms with Crippen LogP contribution >= 0.6 is 11.6 Å². The average Bonchev–Trinajstić information content (AvgIpc) is 2.15. The lowest BCUT2D eigenvalue weighted by Crippen LogP contribution is -2.23. The van der Waals surface area contributed by atoms with Crippen molar-refractivity contribution in [2.75, 3.05) is 5.88 Å². The highest BCUT2D eigenvalue weighted by Crippen LogP contribution is 1.97. The van der Waals surface area contributed by atoms with Crippen molar-refractivity contribution in [3.8, 4) is 0 Å². The van der Waals surface area contributed by atoms with Gasteiger partial charge in [-0.25, -0.2) is 0 Å². The highest BCUT2D eigenvalue weighted by atomic mass is 35.5. The van der Waals surface area contributed by atoms with E-state index < -0.39 is 0 Å². The Kier molecular flexibility index (Phi) is 4.40. The van der Waals surface area contributed by atoms with Crippen LogP contribution in [-0.4, -0.2) is 16.8 Å². The van der Waals surface area contributed by atoms with Crippen molar-refractivity contribution < 1.29 is 4.79 Å². The van der Waals surface area contributed by atoms with E-state index in [1.54, 1.807) is 0 Å². The van der Waals surface area contributed by atoms with Gasteiger partial charge in [0.05, 0.1) is 12.2 Å². The minimum Gasteiger partial charge on any atom is -0.350 e. The number of hydrogen-bond donors (Lipinski definition) is 1. The lowest BCUT2D eigenvalue weighted by Gasteiger charge is -2.03. The zero-order chi connectivity index (χ0) is 10.4. The number of carbonyl (C=O) groups is 1. The normalized spacial score (nSPS) is 9.86. The van der Waals surface area contributed by atoms with E-state index >= 15 is 0 Å². The maximum absolute atomic E-state index is 11.1. The first-order chi connectivity index (χ1) is 6.72. The average molecular weight is 213 g/mol. The molecule has 0 unspecified atom stereocenters. The number of aryl methyl sites for hydroxylation is 1. The predicted molar refractivity (Wildman–Crippen MR) is 56.2 cm³/mol. The fourth-order valence-electron chi connectivity index (χ4n) is 1.06. The molecule has 0 aliphatic heterocycles. The van der Waals surface area contributed by atoms with Gasteiger partial charge < -0.3 is 5.32 Å². The molecule has 4 heteroatoms. The van der Waals surface area contributed by atoms with E-state index in [0.29, 0.717) is 18.8 Å². The number of nitrogens with one attached hydrogen (secondary N) is 1. The summed E-state index contributed by atoms with van der Waals surface area (Å²) in [5.74, 6) is 0.316. The number of pyridine rings is 1. The summed E-state index contributed by atoms with van der Waals surface area (Å²) < 4.78 is 0. The van der Waals surface area contributed by atoms with Gasteiger partial charge in [0.2, 0.25) is 5.91 Å². The second-order valence-corrected chi connectivity index (χ2v) is 3.36. The summed E-state index contributed by atoms with van der Waals surface area (Å²) in [6.45, 7) is 2.39. The lowest BCUT2D eigenvalue weighted by atomic mass is 10.3. The van der Waals surface area contributed by atoms with Crippen LogP contribution in [0.5, 0.6) is 0 Å². The summed E-state index contributed by atoms with van der Waals surface area (Å²) in [5.41, 5.74) is 1.82. The molecule has 0 saturated heterocycles. The molecule has 1 amide bonds. The van der Waals surface area contributed by atoms with Gasteiger partial charge in [0.25, 0.3) is 0 Å². The SMILES string of the molecule is Cc1cccc(CNC(=O)CCCl)n1. The van der Waals surface area contributed by atoms with Gasteiger partial charge in [-0.2, -0.15) is 0 Å². The van der Waals surface area contributed by atoms with Gasteiger partial charge >= 0.3 is 0 Å². The molecule has 3 nitrogen and oxygen atoms in total. The zero-order valence-electron chi connectivity index (χ0n) is 8.09. The Morgan fingerprint density at radius 3 is 3.00 bits per heavy atom. The molecule has 1 rings (SSSR count). The predicted octanol–water partition coefficient (Wildman–Crippen LogP) is 1.64. The van der Waals surface area contributed by atoms with Crippen molar-refractivity contribution in [1.82, 2.24) is 10.3 Å². The Labute approximate surface area is 88.5 Å². The Bertz CT molecular complexity index is 315. The molecule has 0 saturated carbocycles. The summed E-state index contributed by atoms with van der Waals surface area (Å²) in [5, 5.41) is 2.74. The smallest absolute Gasteiger partial charge is 0.221 e. The van der Waals surface area contributed by atoms with E-state index in [0.717, 1.165) is 11.4 Å². The van der Waals surface area contributed by atoms with E-state index in [-0.39, 0.29) is 5.91 Å². The Hall–Kier alpha value is -1.09. The maximum Gasteiger partial charge on any atom is 0.221 e. The van der Waals surface area contributed by atoms with Crippen LogP contribution in [0.2, 0.25) is 0 Å². The molecule has 1 aromatic heterocycles. The number of halogens is 1. The maximum atomic E-state index is 11.1. The van der Waals surface area contributed by atoms with Crippen LogP contribution in [0.15, 0.2) is 18.2 Å². The number of hydrogen-bond acceptors (Lipinski definition) is 2. The van der Waals surface area contributed by atoms with E-state index in [1.165, 1.54) is 0 Å². The number of carbonyl (C=O) groups excluding carboxylic acids is 1. The van der Waals surface area contributed by atoms with E-state index in [4.69, 9.17) is 11.6 Å². The molecule has 0 aliphatic carbocycles. The summed E-state index contributed by atoms with van der Waals surface area (Å²) in [4.78, 5) is 15.3. The molecule has 0 radical (unpaired) electrons. The van der Waals surface area contributed by atoms with Crippen molar-refractivity contribution in [1.29, 1.82) is 0 Å². The Morgan fingerprint density at radius 2 is 2.36 bits per heavy atom. The van der Waals surface area contributed by atoms with Crippen molar-refractivity contribution in [3.05, 3.63) is 29.6 Å². The van der Waals surface area contributed by atoms with Gasteiger partial charge in [0.15, 0.2) is 0 Å². The standard InChI is InChI=1S/C10H13ClN2O/c1-8-3-2-4-9(13-8)7-12-10(14)5-6-11/h2-4H,5-7H2,1H3,(H,12,14). The second kappa shape index (κ2) is 5.60. The molecule has 0 aromatic carbocycles. The largest absolute Gasteiger partial charge is 0.350 e. The molecule has 1 heterocycles. The molecule has 0 aliphatic rings. The van der Waals surface area contributed by atoms with Gasteiger partial charge in [0, 0.05) is 18.0 Å². The number of amides is 1. The third-order valence-electron chi connectivity index (χ3n) is 1.73. The molecule has 76 valence electrons. The van der Waals surface area contributed by atoms with Gasteiger partial charge in [-0.1, -0.05) is 6.07 Å². The molecular formula is C10H13ClN2O. The van der Waals surface area contributed by atoms with Crippen LogP contribution in [0.3, 0.4) is 0 Å². The first-order valence-corrected chi connectivity index (χ1v) is 5.01. The van der Waals surface area contributed by atoms with Crippen LogP contribution in [0.25, 0.3) is 0 Å². The molecular weight excluding hydrogens is 200 g/mol. The second-order valence-electron chi connectivity index (χ2n) is 2.99. The third-order valence-corrected chi connectivity index (χ3v) is 1.92. The molecule has 0 atom stereocenters. The van der Waals surface area contributed by atoms with Crippen LogP contribution < -0.4 is 5.32 Å². The van der Waals surface area contributed by atoms with Crippen molar-refractivity contribution in [3.63, 3.8) is 0 Å². The van der Waals surface area contributed by atoms with Gasteiger partial charge in [0.1, 0.15) is 0 Å². The minimum atomic E-state index is -0.0386. The minimum absolute atomic E-state index is 0.0386. The fourth-order valence-corrected chi connectivity index (χ4v) is 1.23. The quantitative estimate of drug-likeness (QED) is 0.771. The molecule has 14 heavy (non-hydrogen) atoms. The van der Waals surface area contributed by atoms with Gasteiger partial charge in [-0.15, -0.1) is 11.6 Å². The van der Waals surface area contributed by atoms with Gasteiger partial charge in [-0.3, -0.25) is 9.78 Å². The molecule has 0 spiro atoms. The molecule has 1 N–H and O–H groups in total. The van der Waals surface area contributed by atoms with Crippen LogP contribution in [-0.2, 0) is 11.3 Å². The molecule has 0 bridgehead atoms. The van der Waals surface area contributed by atoms with E-state index in [2.05, 4.69) is 10.3 Å². The highest BCUT2D eigenvalue weighted by molar-refractivity contribution is 6.18. The zero-order valence-corrected chi connectivity index (χ0v) is 8.84. The first-order valence-electron chi connectivity index (χ1n) is 4.47. The van der Waals surface area contributed by atoms with Crippen molar-refractivity contribution in [2.45, 2.75) is 19.9 Å². The number of alkyl halides is 1. The van der Waals surface area contributed by atoms with Crippen LogP contribution in [0.1, 0.15) is 17.8 Å². The summed E-state index contributed by atoms with van der Waals surface area (Å²) >= 11 is 5.43. The summed E-state index contributed by atoms with van der Waals surface area (Å²) in [6, 6.07) is 5.73.